The van der Waals surface area contributed by atoms with E-state index in [-0.39, 0.29) is 0 Å². The molecule has 0 amide bonds. The molecule has 104 valence electrons. The highest BCUT2D eigenvalue weighted by Gasteiger charge is 2.16. The summed E-state index contributed by atoms with van der Waals surface area (Å²) in [4.78, 5) is 4.26. The van der Waals surface area contributed by atoms with Crippen LogP contribution in [0.25, 0.3) is 0 Å². The van der Waals surface area contributed by atoms with E-state index in [0.717, 1.165) is 20.6 Å². The van der Waals surface area contributed by atoms with Crippen LogP contribution < -0.4 is 9.80 Å². The minimum Gasteiger partial charge on any atom is -0.329 e. The molecule has 0 fully saturated rings. The van der Waals surface area contributed by atoms with Gasteiger partial charge in [-0.1, -0.05) is 36.4 Å². The molecule has 4 heteroatoms. The SMILES string of the molecule is CN(C(=C(Br)Br)N(C)c1ccccc1)c1ccccc1. The Morgan fingerprint density at radius 2 is 1.05 bits per heavy atom. The Morgan fingerprint density at radius 3 is 1.35 bits per heavy atom. The van der Waals surface area contributed by atoms with E-state index in [1.165, 1.54) is 0 Å². The Balaban J connectivity index is 2.36. The molecule has 0 saturated heterocycles. The average Bonchev–Trinajstić information content (AvgIpc) is 2.48. The molecule has 0 aliphatic rings. The molecule has 0 aliphatic carbocycles. The van der Waals surface area contributed by atoms with Crippen molar-refractivity contribution in [1.29, 1.82) is 0 Å². The first-order valence-corrected chi connectivity index (χ1v) is 7.82. The molecule has 2 rings (SSSR count). The van der Waals surface area contributed by atoms with Crippen molar-refractivity contribution in [1.82, 2.24) is 0 Å². The summed E-state index contributed by atoms with van der Waals surface area (Å²) in [5.41, 5.74) is 2.25. The monoisotopic (exact) mass is 394 g/mol. The van der Waals surface area contributed by atoms with Crippen molar-refractivity contribution in [2.45, 2.75) is 0 Å². The number of hydrogen-bond acceptors (Lipinski definition) is 2. The highest BCUT2D eigenvalue weighted by molar-refractivity contribution is 9.28. The summed E-state index contributed by atoms with van der Waals surface area (Å²) in [5, 5.41) is 0. The lowest BCUT2D eigenvalue weighted by Crippen LogP contribution is -2.30. The van der Waals surface area contributed by atoms with Crippen molar-refractivity contribution in [2.75, 3.05) is 23.9 Å². The van der Waals surface area contributed by atoms with Crippen molar-refractivity contribution in [3.8, 4) is 0 Å². The number of nitrogens with zero attached hydrogens (tertiary/aromatic N) is 2. The summed E-state index contributed by atoms with van der Waals surface area (Å²) >= 11 is 7.10. The molecule has 2 nitrogen and oxygen atoms in total. The molecule has 0 spiro atoms. The maximum absolute atomic E-state index is 3.55. The minimum absolute atomic E-state index is 0.905. The average molecular weight is 396 g/mol. The number of benzene rings is 2. The second kappa shape index (κ2) is 6.95. The van der Waals surface area contributed by atoms with E-state index < -0.39 is 0 Å². The fraction of sp³-hybridized carbons (Fsp3) is 0.125. The van der Waals surface area contributed by atoms with E-state index in [9.17, 15) is 0 Å². The summed E-state index contributed by atoms with van der Waals surface area (Å²) < 4.78 is 0.905. The fourth-order valence-corrected chi connectivity index (χ4v) is 3.09. The molecule has 0 heterocycles. The molecule has 0 aromatic heterocycles. The zero-order valence-electron chi connectivity index (χ0n) is 11.4. The second-order valence-electron chi connectivity index (χ2n) is 4.37. The first kappa shape index (κ1) is 15.1. The minimum atomic E-state index is 0.905. The van der Waals surface area contributed by atoms with Crippen molar-refractivity contribution in [3.63, 3.8) is 0 Å². The van der Waals surface area contributed by atoms with Gasteiger partial charge in [0.25, 0.3) is 0 Å². The quantitative estimate of drug-likeness (QED) is 0.703. The number of anilines is 2. The first-order valence-electron chi connectivity index (χ1n) is 6.24. The van der Waals surface area contributed by atoms with Gasteiger partial charge >= 0.3 is 0 Å². The Morgan fingerprint density at radius 1 is 0.700 bits per heavy atom. The van der Waals surface area contributed by atoms with Crippen molar-refractivity contribution in [2.24, 2.45) is 0 Å². The largest absolute Gasteiger partial charge is 0.329 e. The summed E-state index contributed by atoms with van der Waals surface area (Å²) in [6.07, 6.45) is 0. The molecule has 0 bridgehead atoms. The van der Waals surface area contributed by atoms with Crippen LogP contribution in [0.4, 0.5) is 11.4 Å². The molecule has 20 heavy (non-hydrogen) atoms. The van der Waals surface area contributed by atoms with Crippen molar-refractivity contribution < 1.29 is 0 Å². The van der Waals surface area contributed by atoms with E-state index >= 15 is 0 Å². The molecular weight excluding hydrogens is 380 g/mol. The number of para-hydroxylation sites is 2. The van der Waals surface area contributed by atoms with E-state index in [1.54, 1.807) is 0 Å². The third-order valence-electron chi connectivity index (χ3n) is 3.09. The zero-order valence-corrected chi connectivity index (χ0v) is 14.6. The van der Waals surface area contributed by atoms with Crippen LogP contribution in [0.3, 0.4) is 0 Å². The number of rotatable bonds is 4. The normalized spacial score (nSPS) is 10.0. The van der Waals surface area contributed by atoms with Crippen molar-refractivity contribution >= 4 is 43.2 Å². The van der Waals surface area contributed by atoms with Gasteiger partial charge in [-0.15, -0.1) is 0 Å². The number of halogens is 2. The summed E-state index contributed by atoms with van der Waals surface area (Å²) in [6.45, 7) is 0. The van der Waals surface area contributed by atoms with Crippen molar-refractivity contribution in [3.05, 3.63) is 69.9 Å². The molecule has 0 unspecified atom stereocenters. The van der Waals surface area contributed by atoms with Gasteiger partial charge in [0.15, 0.2) is 0 Å². The van der Waals surface area contributed by atoms with Crippen LogP contribution in [-0.2, 0) is 0 Å². The van der Waals surface area contributed by atoms with Crippen LogP contribution in [0.15, 0.2) is 69.9 Å². The third kappa shape index (κ3) is 3.44. The molecule has 0 aliphatic heterocycles. The van der Waals surface area contributed by atoms with Crippen LogP contribution in [0.1, 0.15) is 0 Å². The lowest BCUT2D eigenvalue weighted by Gasteiger charge is -2.31. The predicted octanol–water partition coefficient (Wildman–Crippen LogP) is 5.18. The Hall–Kier alpha value is -1.26. The van der Waals surface area contributed by atoms with Crippen LogP contribution in [0, 0.1) is 0 Å². The van der Waals surface area contributed by atoms with Crippen LogP contribution in [-0.4, -0.2) is 14.1 Å². The van der Waals surface area contributed by atoms with E-state index in [4.69, 9.17) is 0 Å². The van der Waals surface area contributed by atoms with E-state index in [0.29, 0.717) is 0 Å². The molecule has 0 N–H and O–H groups in total. The Bertz CT molecular complexity index is 530. The molecular formula is C16H16Br2N2. The van der Waals surface area contributed by atoms with Gasteiger partial charge in [0.2, 0.25) is 0 Å². The molecule has 0 saturated carbocycles. The first-order chi connectivity index (χ1) is 9.61. The predicted molar refractivity (Wildman–Crippen MR) is 94.6 cm³/mol. The van der Waals surface area contributed by atoms with Gasteiger partial charge in [-0.2, -0.15) is 0 Å². The van der Waals surface area contributed by atoms with Gasteiger partial charge in [0, 0.05) is 25.5 Å². The van der Waals surface area contributed by atoms with E-state index in [1.807, 2.05) is 50.5 Å². The smallest absolute Gasteiger partial charge is 0.134 e. The topological polar surface area (TPSA) is 6.48 Å². The maximum Gasteiger partial charge on any atom is 0.134 e. The summed E-state index contributed by atoms with van der Waals surface area (Å²) in [7, 11) is 4.10. The highest BCUT2D eigenvalue weighted by atomic mass is 79.9. The lowest BCUT2D eigenvalue weighted by molar-refractivity contribution is 0.980. The number of hydrogen-bond donors (Lipinski definition) is 0. The molecule has 2 aromatic rings. The van der Waals surface area contributed by atoms with Gasteiger partial charge in [-0.05, 0) is 56.1 Å². The van der Waals surface area contributed by atoms with Gasteiger partial charge in [-0.3, -0.25) is 0 Å². The third-order valence-corrected chi connectivity index (χ3v) is 3.80. The van der Waals surface area contributed by atoms with Gasteiger partial charge in [-0.25, -0.2) is 0 Å². The second-order valence-corrected chi connectivity index (χ2v) is 7.02. The lowest BCUT2D eigenvalue weighted by atomic mass is 10.3. The zero-order chi connectivity index (χ0) is 14.5. The van der Waals surface area contributed by atoms with Gasteiger partial charge < -0.3 is 9.80 Å². The molecule has 0 atom stereocenters. The van der Waals surface area contributed by atoms with Crippen LogP contribution in [0.2, 0.25) is 0 Å². The van der Waals surface area contributed by atoms with Crippen LogP contribution in [0.5, 0.6) is 0 Å². The molecule has 0 radical (unpaired) electrons. The standard InChI is InChI=1S/C16H16Br2N2/c1-19(13-9-5-3-6-10-13)16(15(17)18)20(2)14-11-7-4-8-12-14/h3-12H,1-2H3. The van der Waals surface area contributed by atoms with Crippen LogP contribution >= 0.6 is 31.9 Å². The Labute approximate surface area is 137 Å². The highest BCUT2D eigenvalue weighted by Crippen LogP contribution is 2.30. The van der Waals surface area contributed by atoms with Gasteiger partial charge in [0.05, 0.1) is 0 Å². The Kier molecular flexibility index (Phi) is 5.26. The maximum atomic E-state index is 3.55. The molecule has 2 aromatic carbocycles. The summed E-state index contributed by atoms with van der Waals surface area (Å²) in [6, 6.07) is 20.5. The van der Waals surface area contributed by atoms with Gasteiger partial charge in [0.1, 0.15) is 9.21 Å². The summed E-state index contributed by atoms with van der Waals surface area (Å²) in [5.74, 6) is 1.03. The van der Waals surface area contributed by atoms with E-state index in [2.05, 4.69) is 65.9 Å². The fourth-order valence-electron chi connectivity index (χ4n) is 2.03.